The fraction of sp³-hybridized carbons (Fsp3) is 0. The molecule has 3 nitrogen and oxygen atoms in total. The summed E-state index contributed by atoms with van der Waals surface area (Å²) >= 11 is 0. The molecule has 2 aromatic carbocycles. The van der Waals surface area contributed by atoms with E-state index in [9.17, 15) is 4.79 Å². The Labute approximate surface area is 99.4 Å². The van der Waals surface area contributed by atoms with Crippen LogP contribution in [0.5, 0.6) is 0 Å². The summed E-state index contributed by atoms with van der Waals surface area (Å²) in [5, 5.41) is 7.30. The Balaban J connectivity index is 2.32. The predicted molar refractivity (Wildman–Crippen MR) is 68.3 cm³/mol. The van der Waals surface area contributed by atoms with Crippen molar-refractivity contribution in [3.05, 3.63) is 59.7 Å². The summed E-state index contributed by atoms with van der Waals surface area (Å²) in [4.78, 5) is 10.5. The van der Waals surface area contributed by atoms with Gasteiger partial charge in [0, 0.05) is 11.1 Å². The van der Waals surface area contributed by atoms with Crippen molar-refractivity contribution in [2.45, 2.75) is 0 Å². The molecule has 84 valence electrons. The van der Waals surface area contributed by atoms with E-state index in [1.807, 2.05) is 36.4 Å². The number of nitrogens with one attached hydrogen (secondary N) is 1. The summed E-state index contributed by atoms with van der Waals surface area (Å²) in [5.41, 5.74) is 8.82. The average Bonchev–Trinajstić information content (AvgIpc) is 2.39. The Morgan fingerprint density at radius 1 is 0.941 bits per heavy atom. The van der Waals surface area contributed by atoms with Gasteiger partial charge in [-0.1, -0.05) is 48.5 Å². The first kappa shape index (κ1) is 11.1. The van der Waals surface area contributed by atoms with Crippen molar-refractivity contribution in [2.75, 3.05) is 0 Å². The molecule has 0 aliphatic rings. The van der Waals surface area contributed by atoms with Gasteiger partial charge in [-0.15, -0.1) is 0 Å². The zero-order chi connectivity index (χ0) is 12.3. The van der Waals surface area contributed by atoms with E-state index in [4.69, 9.17) is 11.1 Å². The summed E-state index contributed by atoms with van der Waals surface area (Å²) < 4.78 is 0. The standard InChI is InChI=1S/C14H12N2O/c15-14(16)13-7-5-12(6-8-13)11-3-1-10(9-17)2-4-11/h1-9H,(H3,15,16). The van der Waals surface area contributed by atoms with Gasteiger partial charge in [-0.25, -0.2) is 0 Å². The number of carbonyl (C=O) groups excluding carboxylic acids is 1. The van der Waals surface area contributed by atoms with Crippen LogP contribution in [0.25, 0.3) is 11.1 Å². The summed E-state index contributed by atoms with van der Waals surface area (Å²) in [6.45, 7) is 0. The molecule has 0 amide bonds. The molecule has 3 N–H and O–H groups in total. The molecule has 0 radical (unpaired) electrons. The van der Waals surface area contributed by atoms with Crippen molar-refractivity contribution in [2.24, 2.45) is 5.73 Å². The molecular weight excluding hydrogens is 212 g/mol. The molecule has 0 bridgehead atoms. The first-order chi connectivity index (χ1) is 8.20. The molecule has 17 heavy (non-hydrogen) atoms. The second-order valence-corrected chi connectivity index (χ2v) is 3.73. The normalized spacial score (nSPS) is 9.88. The van der Waals surface area contributed by atoms with Gasteiger partial charge in [0.05, 0.1) is 0 Å². The molecule has 0 aromatic heterocycles. The minimum atomic E-state index is 0.0628. The molecule has 0 fully saturated rings. The lowest BCUT2D eigenvalue weighted by Gasteiger charge is -2.03. The number of carbonyl (C=O) groups is 1. The number of benzene rings is 2. The van der Waals surface area contributed by atoms with Crippen molar-refractivity contribution in [1.82, 2.24) is 0 Å². The lowest BCUT2D eigenvalue weighted by atomic mass is 10.0. The predicted octanol–water partition coefficient (Wildman–Crippen LogP) is 2.45. The Kier molecular flexibility index (Phi) is 3.01. The summed E-state index contributed by atoms with van der Waals surface area (Å²) in [5.74, 6) is 0.0628. The molecule has 2 rings (SSSR count). The van der Waals surface area contributed by atoms with Gasteiger partial charge in [-0.3, -0.25) is 10.2 Å². The second kappa shape index (κ2) is 4.61. The molecule has 0 heterocycles. The van der Waals surface area contributed by atoms with Crippen molar-refractivity contribution in [3.63, 3.8) is 0 Å². The van der Waals surface area contributed by atoms with Crippen LogP contribution in [0.3, 0.4) is 0 Å². The maximum Gasteiger partial charge on any atom is 0.150 e. The highest BCUT2D eigenvalue weighted by molar-refractivity contribution is 5.95. The molecule has 0 aliphatic carbocycles. The van der Waals surface area contributed by atoms with E-state index in [1.54, 1.807) is 12.1 Å². The molecule has 0 saturated carbocycles. The zero-order valence-electron chi connectivity index (χ0n) is 9.18. The molecule has 0 saturated heterocycles. The van der Waals surface area contributed by atoms with E-state index in [1.165, 1.54) is 0 Å². The first-order valence-corrected chi connectivity index (χ1v) is 5.21. The van der Waals surface area contributed by atoms with Gasteiger partial charge in [0.2, 0.25) is 0 Å². The van der Waals surface area contributed by atoms with Crippen molar-refractivity contribution in [1.29, 1.82) is 5.41 Å². The van der Waals surface area contributed by atoms with Gasteiger partial charge in [0.1, 0.15) is 12.1 Å². The van der Waals surface area contributed by atoms with Crippen LogP contribution < -0.4 is 5.73 Å². The molecular formula is C14H12N2O. The Morgan fingerprint density at radius 2 is 1.41 bits per heavy atom. The van der Waals surface area contributed by atoms with Gasteiger partial charge >= 0.3 is 0 Å². The fourth-order valence-electron chi connectivity index (χ4n) is 1.60. The largest absolute Gasteiger partial charge is 0.384 e. The van der Waals surface area contributed by atoms with E-state index in [0.29, 0.717) is 11.1 Å². The molecule has 0 atom stereocenters. The maximum absolute atomic E-state index is 10.5. The number of aldehydes is 1. The van der Waals surface area contributed by atoms with E-state index in [0.717, 1.165) is 17.4 Å². The van der Waals surface area contributed by atoms with Crippen LogP contribution in [-0.2, 0) is 0 Å². The van der Waals surface area contributed by atoms with Crippen LogP contribution in [0.4, 0.5) is 0 Å². The third-order valence-electron chi connectivity index (χ3n) is 2.58. The van der Waals surface area contributed by atoms with Crippen LogP contribution >= 0.6 is 0 Å². The Hall–Kier alpha value is -2.42. The first-order valence-electron chi connectivity index (χ1n) is 5.21. The van der Waals surface area contributed by atoms with E-state index >= 15 is 0 Å². The van der Waals surface area contributed by atoms with Crippen LogP contribution in [-0.4, -0.2) is 12.1 Å². The van der Waals surface area contributed by atoms with Crippen LogP contribution in [0.2, 0.25) is 0 Å². The molecule has 0 spiro atoms. The van der Waals surface area contributed by atoms with Crippen molar-refractivity contribution in [3.8, 4) is 11.1 Å². The number of nitrogens with two attached hydrogens (primary N) is 1. The van der Waals surface area contributed by atoms with Gasteiger partial charge in [0.25, 0.3) is 0 Å². The smallest absolute Gasteiger partial charge is 0.150 e. The highest BCUT2D eigenvalue weighted by atomic mass is 16.1. The van der Waals surface area contributed by atoms with Crippen LogP contribution in [0, 0.1) is 5.41 Å². The lowest BCUT2D eigenvalue weighted by Crippen LogP contribution is -2.10. The minimum Gasteiger partial charge on any atom is -0.384 e. The number of rotatable bonds is 3. The Morgan fingerprint density at radius 3 is 1.82 bits per heavy atom. The van der Waals surface area contributed by atoms with E-state index in [2.05, 4.69) is 0 Å². The van der Waals surface area contributed by atoms with E-state index in [-0.39, 0.29) is 5.84 Å². The number of amidine groups is 1. The van der Waals surface area contributed by atoms with E-state index < -0.39 is 0 Å². The topological polar surface area (TPSA) is 66.9 Å². The van der Waals surface area contributed by atoms with Crippen LogP contribution in [0.15, 0.2) is 48.5 Å². The molecule has 0 unspecified atom stereocenters. The quantitative estimate of drug-likeness (QED) is 0.477. The SMILES string of the molecule is N=C(N)c1ccc(-c2ccc(C=O)cc2)cc1. The third-order valence-corrected chi connectivity index (χ3v) is 2.58. The van der Waals surface area contributed by atoms with Gasteiger partial charge < -0.3 is 5.73 Å². The second-order valence-electron chi connectivity index (χ2n) is 3.73. The monoisotopic (exact) mass is 224 g/mol. The number of nitrogen functional groups attached to an aromatic ring is 1. The average molecular weight is 224 g/mol. The minimum absolute atomic E-state index is 0.0628. The highest BCUT2D eigenvalue weighted by Crippen LogP contribution is 2.19. The molecule has 2 aromatic rings. The van der Waals surface area contributed by atoms with Crippen molar-refractivity contribution >= 4 is 12.1 Å². The zero-order valence-corrected chi connectivity index (χ0v) is 9.18. The Bertz CT molecular complexity index is 541. The molecule has 3 heteroatoms. The lowest BCUT2D eigenvalue weighted by molar-refractivity contribution is 0.112. The maximum atomic E-state index is 10.5. The highest BCUT2D eigenvalue weighted by Gasteiger charge is 1.99. The number of hydrogen-bond acceptors (Lipinski definition) is 2. The summed E-state index contributed by atoms with van der Waals surface area (Å²) in [7, 11) is 0. The van der Waals surface area contributed by atoms with Crippen molar-refractivity contribution < 1.29 is 4.79 Å². The van der Waals surface area contributed by atoms with Crippen LogP contribution in [0.1, 0.15) is 15.9 Å². The summed E-state index contributed by atoms with van der Waals surface area (Å²) in [6.07, 6.45) is 0.822. The van der Waals surface area contributed by atoms with Gasteiger partial charge in [0.15, 0.2) is 0 Å². The number of hydrogen-bond donors (Lipinski definition) is 2. The fourth-order valence-corrected chi connectivity index (χ4v) is 1.60. The summed E-state index contributed by atoms with van der Waals surface area (Å²) in [6, 6.07) is 14.8. The third kappa shape index (κ3) is 2.39. The molecule has 0 aliphatic heterocycles. The van der Waals surface area contributed by atoms with Gasteiger partial charge in [-0.2, -0.15) is 0 Å². The van der Waals surface area contributed by atoms with Gasteiger partial charge in [-0.05, 0) is 11.1 Å².